The predicted octanol–water partition coefficient (Wildman–Crippen LogP) is 0.0822. The number of nitrogens with zero attached hydrogens (tertiary/aromatic N) is 1. The summed E-state index contributed by atoms with van der Waals surface area (Å²) in [6, 6.07) is 6.83. The fourth-order valence-corrected chi connectivity index (χ4v) is 1.63. The Morgan fingerprint density at radius 3 is 2.56 bits per heavy atom. The summed E-state index contributed by atoms with van der Waals surface area (Å²) in [6.45, 7) is 0.154. The molecule has 2 N–H and O–H groups in total. The van der Waals surface area contributed by atoms with Crippen molar-refractivity contribution in [2.75, 3.05) is 13.2 Å². The third-order valence-electron chi connectivity index (χ3n) is 2.54. The van der Waals surface area contributed by atoms with Crippen LogP contribution in [0.15, 0.2) is 24.3 Å². The van der Waals surface area contributed by atoms with Gasteiger partial charge < -0.3 is 10.4 Å². The molecule has 18 heavy (non-hydrogen) atoms. The summed E-state index contributed by atoms with van der Waals surface area (Å²) in [5, 5.41) is 11.0. The summed E-state index contributed by atoms with van der Waals surface area (Å²) in [6.07, 6.45) is 0. The number of imide groups is 1. The number of amides is 3. The van der Waals surface area contributed by atoms with Gasteiger partial charge in [0.05, 0.1) is 13.1 Å². The van der Waals surface area contributed by atoms with Gasteiger partial charge >= 0.3 is 6.03 Å². The Morgan fingerprint density at radius 2 is 2.00 bits per heavy atom. The quantitative estimate of drug-likeness (QED) is 0.572. The van der Waals surface area contributed by atoms with E-state index >= 15 is 0 Å². The first-order valence-electron chi connectivity index (χ1n) is 5.47. The minimum Gasteiger partial charge on any atom is -0.384 e. The SMILES string of the molecule is O=C1CNC(=O)N1Cc1ccc(C#CCO)cc1. The summed E-state index contributed by atoms with van der Waals surface area (Å²) < 4.78 is 0. The van der Waals surface area contributed by atoms with E-state index in [0.717, 1.165) is 11.1 Å². The summed E-state index contributed by atoms with van der Waals surface area (Å²) in [4.78, 5) is 23.9. The Hall–Kier alpha value is -2.32. The molecule has 5 heteroatoms. The second kappa shape index (κ2) is 5.34. The smallest absolute Gasteiger partial charge is 0.324 e. The molecule has 1 saturated heterocycles. The van der Waals surface area contributed by atoms with E-state index in [1.165, 1.54) is 4.90 Å². The first-order valence-corrected chi connectivity index (χ1v) is 5.47. The summed E-state index contributed by atoms with van der Waals surface area (Å²) in [7, 11) is 0. The fraction of sp³-hybridized carbons (Fsp3) is 0.231. The van der Waals surface area contributed by atoms with Crippen molar-refractivity contribution < 1.29 is 14.7 Å². The van der Waals surface area contributed by atoms with Gasteiger partial charge in [-0.25, -0.2) is 4.79 Å². The number of carbonyl (C=O) groups excluding carboxylic acids is 2. The van der Waals surface area contributed by atoms with Crippen molar-refractivity contribution in [3.8, 4) is 11.8 Å². The van der Waals surface area contributed by atoms with E-state index in [4.69, 9.17) is 5.11 Å². The lowest BCUT2D eigenvalue weighted by Crippen LogP contribution is -2.30. The second-order valence-corrected chi connectivity index (χ2v) is 3.80. The van der Waals surface area contributed by atoms with Crippen molar-refractivity contribution >= 4 is 11.9 Å². The number of rotatable bonds is 2. The van der Waals surface area contributed by atoms with Crippen LogP contribution in [-0.4, -0.2) is 35.1 Å². The molecule has 0 unspecified atom stereocenters. The lowest BCUT2D eigenvalue weighted by Gasteiger charge is -2.11. The molecule has 0 spiro atoms. The topological polar surface area (TPSA) is 69.6 Å². The maximum Gasteiger partial charge on any atom is 0.324 e. The molecule has 1 aromatic rings. The molecule has 0 atom stereocenters. The van der Waals surface area contributed by atoms with Crippen molar-refractivity contribution in [2.45, 2.75) is 6.54 Å². The molecule has 0 radical (unpaired) electrons. The minimum atomic E-state index is -0.357. The van der Waals surface area contributed by atoms with Crippen molar-refractivity contribution in [3.63, 3.8) is 0 Å². The van der Waals surface area contributed by atoms with Gasteiger partial charge in [0, 0.05) is 5.56 Å². The van der Waals surface area contributed by atoms with E-state index in [1.54, 1.807) is 24.3 Å². The van der Waals surface area contributed by atoms with Crippen LogP contribution >= 0.6 is 0 Å². The van der Waals surface area contributed by atoms with Crippen LogP contribution < -0.4 is 5.32 Å². The van der Waals surface area contributed by atoms with Crippen LogP contribution in [0, 0.1) is 11.8 Å². The second-order valence-electron chi connectivity index (χ2n) is 3.80. The number of hydrogen-bond donors (Lipinski definition) is 2. The van der Waals surface area contributed by atoms with Gasteiger partial charge in [-0.05, 0) is 17.7 Å². The van der Waals surface area contributed by atoms with Gasteiger partial charge in [0.1, 0.15) is 6.61 Å². The number of benzene rings is 1. The van der Waals surface area contributed by atoms with Crippen LogP contribution in [0.2, 0.25) is 0 Å². The van der Waals surface area contributed by atoms with E-state index in [0.29, 0.717) is 0 Å². The third-order valence-corrected chi connectivity index (χ3v) is 2.54. The molecule has 1 aliphatic rings. The standard InChI is InChI=1S/C13H12N2O3/c16-7-1-2-10-3-5-11(6-4-10)9-15-12(17)8-14-13(15)18/h3-6,16H,7-9H2,(H,14,18). The van der Waals surface area contributed by atoms with Crippen molar-refractivity contribution in [3.05, 3.63) is 35.4 Å². The van der Waals surface area contributed by atoms with Gasteiger partial charge in [0.2, 0.25) is 5.91 Å². The van der Waals surface area contributed by atoms with Crippen LogP contribution in [0.4, 0.5) is 4.79 Å². The normalized spacial score (nSPS) is 14.2. The third kappa shape index (κ3) is 2.67. The molecular weight excluding hydrogens is 232 g/mol. The predicted molar refractivity (Wildman–Crippen MR) is 64.4 cm³/mol. The highest BCUT2D eigenvalue weighted by molar-refractivity contribution is 6.01. The number of aliphatic hydroxyl groups is 1. The van der Waals surface area contributed by atoms with Gasteiger partial charge in [-0.3, -0.25) is 9.69 Å². The van der Waals surface area contributed by atoms with Crippen LogP contribution in [-0.2, 0) is 11.3 Å². The molecule has 0 saturated carbocycles. The fourth-order valence-electron chi connectivity index (χ4n) is 1.63. The van der Waals surface area contributed by atoms with Gasteiger partial charge in [0.15, 0.2) is 0 Å². The first kappa shape index (κ1) is 12.1. The number of urea groups is 1. The van der Waals surface area contributed by atoms with Crippen LogP contribution in [0.25, 0.3) is 0 Å². The molecule has 1 fully saturated rings. The first-order chi connectivity index (χ1) is 8.70. The zero-order valence-electron chi connectivity index (χ0n) is 9.64. The molecule has 0 aliphatic carbocycles. The van der Waals surface area contributed by atoms with Crippen molar-refractivity contribution in [2.24, 2.45) is 0 Å². The summed E-state index contributed by atoms with van der Waals surface area (Å²) >= 11 is 0. The summed E-state index contributed by atoms with van der Waals surface area (Å²) in [5.41, 5.74) is 1.64. The van der Waals surface area contributed by atoms with Gasteiger partial charge in [0.25, 0.3) is 0 Å². The lowest BCUT2D eigenvalue weighted by molar-refractivity contribution is -0.125. The highest BCUT2D eigenvalue weighted by Crippen LogP contribution is 2.09. The Kier molecular flexibility index (Phi) is 3.60. The van der Waals surface area contributed by atoms with E-state index in [-0.39, 0.29) is 31.6 Å². The van der Waals surface area contributed by atoms with E-state index in [1.807, 2.05) is 0 Å². The maximum atomic E-state index is 11.4. The van der Waals surface area contributed by atoms with E-state index in [9.17, 15) is 9.59 Å². The molecule has 2 rings (SSSR count). The summed E-state index contributed by atoms with van der Waals surface area (Å²) in [5.74, 6) is 5.10. The number of carbonyl (C=O) groups is 2. The molecule has 0 aromatic heterocycles. The molecule has 3 amide bonds. The van der Waals surface area contributed by atoms with Gasteiger partial charge in [-0.15, -0.1) is 0 Å². The van der Waals surface area contributed by atoms with Gasteiger partial charge in [-0.1, -0.05) is 24.0 Å². The Morgan fingerprint density at radius 1 is 1.28 bits per heavy atom. The average Bonchev–Trinajstić information content (AvgIpc) is 2.70. The van der Waals surface area contributed by atoms with Crippen LogP contribution in [0.5, 0.6) is 0 Å². The minimum absolute atomic E-state index is 0.0683. The highest BCUT2D eigenvalue weighted by Gasteiger charge is 2.28. The monoisotopic (exact) mass is 244 g/mol. The van der Waals surface area contributed by atoms with Gasteiger partial charge in [-0.2, -0.15) is 0 Å². The molecule has 5 nitrogen and oxygen atoms in total. The van der Waals surface area contributed by atoms with E-state index in [2.05, 4.69) is 17.2 Å². The molecule has 92 valence electrons. The van der Waals surface area contributed by atoms with E-state index < -0.39 is 0 Å². The Labute approximate surface area is 104 Å². The van der Waals surface area contributed by atoms with Crippen molar-refractivity contribution in [1.29, 1.82) is 0 Å². The number of aliphatic hydroxyl groups excluding tert-OH is 1. The molecular formula is C13H12N2O3. The zero-order chi connectivity index (χ0) is 13.0. The molecule has 1 heterocycles. The van der Waals surface area contributed by atoms with Crippen LogP contribution in [0.3, 0.4) is 0 Å². The van der Waals surface area contributed by atoms with Crippen LogP contribution in [0.1, 0.15) is 11.1 Å². The highest BCUT2D eigenvalue weighted by atomic mass is 16.2. The largest absolute Gasteiger partial charge is 0.384 e. The molecule has 0 bridgehead atoms. The Bertz CT molecular complexity index is 509. The zero-order valence-corrected chi connectivity index (χ0v) is 9.64. The number of nitrogens with one attached hydrogen (secondary N) is 1. The average molecular weight is 244 g/mol. The molecule has 1 aliphatic heterocycles. The lowest BCUT2D eigenvalue weighted by atomic mass is 10.1. The molecule has 1 aromatic carbocycles. The maximum absolute atomic E-state index is 11.4. The number of hydrogen-bond acceptors (Lipinski definition) is 3. The Balaban J connectivity index is 2.06. The van der Waals surface area contributed by atoms with Crippen molar-refractivity contribution in [1.82, 2.24) is 10.2 Å².